The number of hydrogen-bond acceptors (Lipinski definition) is 2. The van der Waals surface area contributed by atoms with Crippen LogP contribution in [0, 0.1) is 0 Å². The van der Waals surface area contributed by atoms with E-state index in [4.69, 9.17) is 4.74 Å². The summed E-state index contributed by atoms with van der Waals surface area (Å²) >= 11 is 0. The number of nitrogens with one attached hydrogen (secondary N) is 1. The first-order valence-electron chi connectivity index (χ1n) is 5.35. The van der Waals surface area contributed by atoms with E-state index < -0.39 is 12.6 Å². The molecule has 0 saturated heterocycles. The minimum Gasteiger partial charge on any atom is -0.381 e. The van der Waals surface area contributed by atoms with Gasteiger partial charge in [-0.2, -0.15) is 13.2 Å². The van der Waals surface area contributed by atoms with Crippen molar-refractivity contribution in [2.75, 3.05) is 26.8 Å². The maximum absolute atomic E-state index is 11.7. The smallest absolute Gasteiger partial charge is 0.381 e. The molecule has 0 saturated carbocycles. The summed E-state index contributed by atoms with van der Waals surface area (Å²) in [6, 6.07) is 0. The van der Waals surface area contributed by atoms with E-state index in [1.54, 1.807) is 0 Å². The molecule has 0 fully saturated rings. The number of hydrogen-bond donors (Lipinski definition) is 1. The quantitative estimate of drug-likeness (QED) is 0.611. The van der Waals surface area contributed by atoms with E-state index in [-0.39, 0.29) is 13.0 Å². The third kappa shape index (κ3) is 13.7. The third-order valence-electron chi connectivity index (χ3n) is 1.96. The summed E-state index contributed by atoms with van der Waals surface area (Å²) in [4.78, 5) is 0. The number of halogens is 3. The standard InChI is InChI=1S/C10H20F3NO/c1-14-7-3-2-4-8-15-9-5-6-10(11,12)13/h14H,2-9H2,1H3. The zero-order valence-electron chi connectivity index (χ0n) is 9.20. The van der Waals surface area contributed by atoms with Crippen molar-refractivity contribution in [1.82, 2.24) is 5.32 Å². The van der Waals surface area contributed by atoms with Gasteiger partial charge in [0, 0.05) is 19.6 Å². The Labute approximate surface area is 89.2 Å². The Bertz CT molecular complexity index is 139. The van der Waals surface area contributed by atoms with Gasteiger partial charge in [0.15, 0.2) is 0 Å². The van der Waals surface area contributed by atoms with Crippen molar-refractivity contribution in [3.05, 3.63) is 0 Å². The SMILES string of the molecule is CNCCCCCOCCCC(F)(F)F. The lowest BCUT2D eigenvalue weighted by molar-refractivity contribution is -0.137. The van der Waals surface area contributed by atoms with Gasteiger partial charge in [0.25, 0.3) is 0 Å². The van der Waals surface area contributed by atoms with Gasteiger partial charge in [-0.05, 0) is 39.3 Å². The second-order valence-electron chi connectivity index (χ2n) is 3.50. The zero-order chi connectivity index (χ0) is 11.6. The largest absolute Gasteiger partial charge is 0.389 e. The average molecular weight is 227 g/mol. The highest BCUT2D eigenvalue weighted by Crippen LogP contribution is 2.20. The number of unbranched alkanes of at least 4 members (excludes halogenated alkanes) is 2. The molecule has 2 nitrogen and oxygen atoms in total. The average Bonchev–Trinajstić information content (AvgIpc) is 2.14. The molecular weight excluding hydrogens is 207 g/mol. The molecule has 5 heteroatoms. The summed E-state index contributed by atoms with van der Waals surface area (Å²) < 4.78 is 40.2. The summed E-state index contributed by atoms with van der Waals surface area (Å²) in [5, 5.41) is 3.03. The molecule has 0 heterocycles. The highest BCUT2D eigenvalue weighted by Gasteiger charge is 2.25. The Kier molecular flexibility index (Phi) is 8.80. The van der Waals surface area contributed by atoms with Gasteiger partial charge in [-0.1, -0.05) is 0 Å². The van der Waals surface area contributed by atoms with Gasteiger partial charge < -0.3 is 10.1 Å². The predicted molar refractivity (Wildman–Crippen MR) is 53.9 cm³/mol. The zero-order valence-corrected chi connectivity index (χ0v) is 9.20. The van der Waals surface area contributed by atoms with Crippen LogP contribution in [0.3, 0.4) is 0 Å². The molecule has 0 amide bonds. The monoisotopic (exact) mass is 227 g/mol. The predicted octanol–water partition coefficient (Wildman–Crippen LogP) is 2.74. The van der Waals surface area contributed by atoms with Crippen molar-refractivity contribution in [2.24, 2.45) is 0 Å². The van der Waals surface area contributed by atoms with Crippen LogP contribution in [0.5, 0.6) is 0 Å². The maximum atomic E-state index is 11.7. The molecule has 92 valence electrons. The van der Waals surface area contributed by atoms with Gasteiger partial charge in [-0.25, -0.2) is 0 Å². The first-order valence-corrected chi connectivity index (χ1v) is 5.35. The fourth-order valence-corrected chi connectivity index (χ4v) is 1.16. The molecule has 0 spiro atoms. The van der Waals surface area contributed by atoms with Crippen LogP contribution in [-0.2, 0) is 4.74 Å². The van der Waals surface area contributed by atoms with Gasteiger partial charge >= 0.3 is 6.18 Å². The van der Waals surface area contributed by atoms with Crippen molar-refractivity contribution in [3.8, 4) is 0 Å². The lowest BCUT2D eigenvalue weighted by Crippen LogP contribution is -2.09. The molecule has 0 aromatic heterocycles. The van der Waals surface area contributed by atoms with E-state index >= 15 is 0 Å². The topological polar surface area (TPSA) is 21.3 Å². The van der Waals surface area contributed by atoms with E-state index in [9.17, 15) is 13.2 Å². The third-order valence-corrected chi connectivity index (χ3v) is 1.96. The van der Waals surface area contributed by atoms with E-state index in [0.29, 0.717) is 6.61 Å². The van der Waals surface area contributed by atoms with Crippen LogP contribution in [0.1, 0.15) is 32.1 Å². The van der Waals surface area contributed by atoms with E-state index in [2.05, 4.69) is 5.32 Å². The summed E-state index contributed by atoms with van der Waals surface area (Å²) in [6.45, 7) is 1.77. The second kappa shape index (κ2) is 8.97. The van der Waals surface area contributed by atoms with Crippen molar-refractivity contribution in [3.63, 3.8) is 0 Å². The Morgan fingerprint density at radius 1 is 1.00 bits per heavy atom. The fraction of sp³-hybridized carbons (Fsp3) is 1.00. The molecule has 0 aliphatic rings. The molecule has 0 aliphatic carbocycles. The molecule has 0 atom stereocenters. The molecule has 1 N–H and O–H groups in total. The molecule has 0 bridgehead atoms. The fourth-order valence-electron chi connectivity index (χ4n) is 1.16. The van der Waals surface area contributed by atoms with E-state index in [1.807, 2.05) is 7.05 Å². The molecule has 0 aromatic rings. The van der Waals surface area contributed by atoms with Gasteiger partial charge in [-0.3, -0.25) is 0 Å². The first-order chi connectivity index (χ1) is 7.06. The molecule has 0 aromatic carbocycles. The van der Waals surface area contributed by atoms with Gasteiger partial charge in [-0.15, -0.1) is 0 Å². The maximum Gasteiger partial charge on any atom is 0.389 e. The summed E-state index contributed by atoms with van der Waals surface area (Å²) in [5.74, 6) is 0. The van der Waals surface area contributed by atoms with E-state index in [1.165, 1.54) is 0 Å². The van der Waals surface area contributed by atoms with Crippen LogP contribution < -0.4 is 5.32 Å². The van der Waals surface area contributed by atoms with Gasteiger partial charge in [0.2, 0.25) is 0 Å². The van der Waals surface area contributed by atoms with Crippen LogP contribution >= 0.6 is 0 Å². The second-order valence-corrected chi connectivity index (χ2v) is 3.50. The summed E-state index contributed by atoms with van der Waals surface area (Å²) in [5.41, 5.74) is 0. The lowest BCUT2D eigenvalue weighted by Gasteiger charge is -2.06. The molecular formula is C10H20F3NO. The Hall–Kier alpha value is -0.290. The molecule has 0 radical (unpaired) electrons. The number of rotatable bonds is 9. The highest BCUT2D eigenvalue weighted by atomic mass is 19.4. The Morgan fingerprint density at radius 3 is 2.27 bits per heavy atom. The Morgan fingerprint density at radius 2 is 1.67 bits per heavy atom. The minimum atomic E-state index is -4.05. The summed E-state index contributed by atoms with van der Waals surface area (Å²) in [6.07, 6.45) is -1.65. The molecule has 0 aliphatic heterocycles. The normalized spacial score (nSPS) is 12.0. The lowest BCUT2D eigenvalue weighted by atomic mass is 10.2. The summed E-state index contributed by atoms with van der Waals surface area (Å²) in [7, 11) is 1.90. The highest BCUT2D eigenvalue weighted by molar-refractivity contribution is 4.50. The van der Waals surface area contributed by atoms with Crippen LogP contribution in [0.25, 0.3) is 0 Å². The van der Waals surface area contributed by atoms with Crippen LogP contribution in [0.2, 0.25) is 0 Å². The van der Waals surface area contributed by atoms with Crippen molar-refractivity contribution in [1.29, 1.82) is 0 Å². The van der Waals surface area contributed by atoms with Crippen molar-refractivity contribution in [2.45, 2.75) is 38.3 Å². The van der Waals surface area contributed by atoms with Gasteiger partial charge in [0.1, 0.15) is 0 Å². The molecule has 0 rings (SSSR count). The van der Waals surface area contributed by atoms with Crippen LogP contribution in [0.4, 0.5) is 13.2 Å². The minimum absolute atomic E-state index is 0.0695. The van der Waals surface area contributed by atoms with Crippen LogP contribution in [0.15, 0.2) is 0 Å². The number of alkyl halides is 3. The molecule has 15 heavy (non-hydrogen) atoms. The van der Waals surface area contributed by atoms with Crippen molar-refractivity contribution < 1.29 is 17.9 Å². The Balaban J connectivity index is 2.99. The van der Waals surface area contributed by atoms with Crippen molar-refractivity contribution >= 4 is 0 Å². The first kappa shape index (κ1) is 14.7. The van der Waals surface area contributed by atoms with Crippen LogP contribution in [-0.4, -0.2) is 33.0 Å². The molecule has 0 unspecified atom stereocenters. The number of ether oxygens (including phenoxy) is 1. The van der Waals surface area contributed by atoms with Gasteiger partial charge in [0.05, 0.1) is 0 Å². The van der Waals surface area contributed by atoms with E-state index in [0.717, 1.165) is 25.8 Å².